The van der Waals surface area contributed by atoms with E-state index >= 15 is 0 Å². The van der Waals surface area contributed by atoms with Crippen LogP contribution >= 0.6 is 11.3 Å². The molecule has 4 nitrogen and oxygen atoms in total. The number of hydrogen-bond acceptors (Lipinski definition) is 4. The molecule has 0 radical (unpaired) electrons. The monoisotopic (exact) mass is 431 g/mol. The molecule has 2 aromatic carbocycles. The van der Waals surface area contributed by atoms with Gasteiger partial charge in [0, 0.05) is 21.7 Å². The molecule has 0 aliphatic heterocycles. The van der Waals surface area contributed by atoms with Crippen LogP contribution in [0.25, 0.3) is 0 Å². The van der Waals surface area contributed by atoms with E-state index in [-0.39, 0.29) is 17.8 Å². The molecule has 0 saturated heterocycles. The third-order valence-corrected chi connectivity index (χ3v) is 5.82. The van der Waals surface area contributed by atoms with Crippen LogP contribution in [0.15, 0.2) is 78.9 Å². The van der Waals surface area contributed by atoms with Crippen molar-refractivity contribution in [3.8, 4) is 0 Å². The number of pyridine rings is 1. The quantitative estimate of drug-likeness (QED) is 0.374. The Labute approximate surface area is 184 Å². The highest BCUT2D eigenvalue weighted by atomic mass is 32.1. The second-order valence-corrected chi connectivity index (χ2v) is 8.51. The second-order valence-electron chi connectivity index (χ2n) is 7.25. The number of amides is 1. The summed E-state index contributed by atoms with van der Waals surface area (Å²) in [5.41, 5.74) is 3.26. The van der Waals surface area contributed by atoms with Gasteiger partial charge in [-0.05, 0) is 61.9 Å². The number of anilines is 2. The van der Waals surface area contributed by atoms with Crippen LogP contribution in [0.5, 0.6) is 0 Å². The van der Waals surface area contributed by atoms with E-state index in [0.29, 0.717) is 11.4 Å². The maximum absolute atomic E-state index is 13.6. The third-order valence-electron chi connectivity index (χ3n) is 4.84. The van der Waals surface area contributed by atoms with E-state index in [0.717, 1.165) is 26.7 Å². The van der Waals surface area contributed by atoms with Crippen LogP contribution in [0.4, 0.5) is 15.2 Å². The van der Waals surface area contributed by atoms with Gasteiger partial charge in [-0.25, -0.2) is 9.37 Å². The second kappa shape index (κ2) is 9.10. The molecule has 0 bridgehead atoms. The molecule has 6 heteroatoms. The van der Waals surface area contributed by atoms with E-state index in [1.807, 2.05) is 56.3 Å². The number of hydrogen-bond donors (Lipinski definition) is 2. The zero-order valence-electron chi connectivity index (χ0n) is 17.2. The topological polar surface area (TPSA) is 54.0 Å². The molecule has 2 aromatic heterocycles. The molecule has 156 valence electrons. The Bertz CT molecular complexity index is 1190. The number of aryl methyl sites for hydroxylation is 2. The lowest BCUT2D eigenvalue weighted by Crippen LogP contribution is -2.17. The highest BCUT2D eigenvalue weighted by Gasteiger charge is 2.22. The van der Waals surface area contributed by atoms with Gasteiger partial charge in [0.05, 0.1) is 6.04 Å². The van der Waals surface area contributed by atoms with Gasteiger partial charge in [0.2, 0.25) is 0 Å². The lowest BCUT2D eigenvalue weighted by molar-refractivity contribution is 0.102. The fourth-order valence-electron chi connectivity index (χ4n) is 3.38. The predicted octanol–water partition coefficient (Wildman–Crippen LogP) is 6.35. The molecule has 4 rings (SSSR count). The summed E-state index contributed by atoms with van der Waals surface area (Å²) in [6, 6.07) is 23.0. The molecule has 0 saturated carbocycles. The Morgan fingerprint density at radius 1 is 0.968 bits per heavy atom. The number of rotatable bonds is 6. The molecule has 2 heterocycles. The Hall–Kier alpha value is -3.51. The Morgan fingerprint density at radius 2 is 1.71 bits per heavy atom. The predicted molar refractivity (Wildman–Crippen MR) is 124 cm³/mol. The van der Waals surface area contributed by atoms with E-state index in [1.165, 1.54) is 23.5 Å². The van der Waals surface area contributed by atoms with E-state index in [2.05, 4.69) is 15.6 Å². The molecule has 0 unspecified atom stereocenters. The van der Waals surface area contributed by atoms with Crippen molar-refractivity contribution < 1.29 is 9.18 Å². The van der Waals surface area contributed by atoms with Crippen molar-refractivity contribution in [3.63, 3.8) is 0 Å². The van der Waals surface area contributed by atoms with Crippen molar-refractivity contribution in [2.45, 2.75) is 19.9 Å². The summed E-state index contributed by atoms with van der Waals surface area (Å²) in [5, 5.41) is 7.26. The minimum absolute atomic E-state index is 0.171. The van der Waals surface area contributed by atoms with E-state index < -0.39 is 0 Å². The summed E-state index contributed by atoms with van der Waals surface area (Å²) in [7, 11) is 0. The Balaban J connectivity index is 1.72. The van der Waals surface area contributed by atoms with Crippen LogP contribution in [0, 0.1) is 19.7 Å². The average Bonchev–Trinajstić information content (AvgIpc) is 3.13. The summed E-state index contributed by atoms with van der Waals surface area (Å²) in [4.78, 5) is 18.4. The highest BCUT2D eigenvalue weighted by molar-refractivity contribution is 7.16. The first-order valence-corrected chi connectivity index (χ1v) is 10.7. The van der Waals surface area contributed by atoms with Gasteiger partial charge < -0.3 is 10.6 Å². The fourth-order valence-corrected chi connectivity index (χ4v) is 4.32. The van der Waals surface area contributed by atoms with Gasteiger partial charge in [-0.15, -0.1) is 11.3 Å². The van der Waals surface area contributed by atoms with Gasteiger partial charge in [-0.3, -0.25) is 4.79 Å². The minimum Gasteiger partial charge on any atom is -0.359 e. The number of nitrogens with one attached hydrogen (secondary N) is 2. The third kappa shape index (κ3) is 4.98. The van der Waals surface area contributed by atoms with Gasteiger partial charge in [0.1, 0.15) is 16.6 Å². The average molecular weight is 432 g/mol. The van der Waals surface area contributed by atoms with E-state index in [9.17, 15) is 9.18 Å². The normalized spacial score (nSPS) is 11.7. The number of benzene rings is 2. The van der Waals surface area contributed by atoms with Crippen molar-refractivity contribution >= 4 is 28.1 Å². The van der Waals surface area contributed by atoms with Crippen molar-refractivity contribution in [2.24, 2.45) is 0 Å². The Kier molecular flexibility index (Phi) is 6.09. The highest BCUT2D eigenvalue weighted by Crippen LogP contribution is 2.37. The number of thiophene rings is 1. The molecular weight excluding hydrogens is 409 g/mol. The van der Waals surface area contributed by atoms with Crippen LogP contribution in [-0.2, 0) is 0 Å². The summed E-state index contributed by atoms with van der Waals surface area (Å²) < 4.78 is 13.6. The molecule has 0 aliphatic rings. The molecule has 1 amide bonds. The zero-order valence-corrected chi connectivity index (χ0v) is 18.0. The van der Waals surface area contributed by atoms with Crippen molar-refractivity contribution in [1.82, 2.24) is 4.98 Å². The largest absolute Gasteiger partial charge is 0.359 e. The molecule has 0 spiro atoms. The van der Waals surface area contributed by atoms with Gasteiger partial charge in [0.15, 0.2) is 0 Å². The number of aromatic nitrogens is 1. The van der Waals surface area contributed by atoms with Gasteiger partial charge >= 0.3 is 0 Å². The standard InChI is InChI=1S/C25H22FN3OS/c1-16-7-6-10-22(27-16)28-23(18-11-13-20(26)14-12-18)21-15-17(2)31-25(21)29-24(30)19-8-4-3-5-9-19/h3-15,23H,1-2H3,(H,27,28)(H,29,30)/t23-/m0/s1. The summed E-state index contributed by atoms with van der Waals surface area (Å²) in [6.45, 7) is 3.93. The van der Waals surface area contributed by atoms with Gasteiger partial charge in [0.25, 0.3) is 5.91 Å². The van der Waals surface area contributed by atoms with E-state index in [4.69, 9.17) is 0 Å². The summed E-state index contributed by atoms with van der Waals surface area (Å²) in [6.07, 6.45) is 0. The summed E-state index contributed by atoms with van der Waals surface area (Å²) >= 11 is 1.51. The first-order chi connectivity index (χ1) is 15.0. The molecule has 0 fully saturated rings. The smallest absolute Gasteiger partial charge is 0.256 e. The lowest BCUT2D eigenvalue weighted by Gasteiger charge is -2.21. The molecule has 2 N–H and O–H groups in total. The van der Waals surface area contributed by atoms with E-state index in [1.54, 1.807) is 24.3 Å². The number of carbonyl (C=O) groups excluding carboxylic acids is 1. The Morgan fingerprint density at radius 3 is 2.42 bits per heavy atom. The number of nitrogens with zero attached hydrogens (tertiary/aromatic N) is 1. The SMILES string of the molecule is Cc1cccc(N[C@@H](c2ccc(F)cc2)c2cc(C)sc2NC(=O)c2ccccc2)n1. The van der Waals surface area contributed by atoms with Crippen LogP contribution in [-0.4, -0.2) is 10.9 Å². The van der Waals surface area contributed by atoms with Crippen molar-refractivity contribution in [3.05, 3.63) is 112 Å². The summed E-state index contributed by atoms with van der Waals surface area (Å²) in [5.74, 6) is 0.240. The van der Waals surface area contributed by atoms with Crippen molar-refractivity contribution in [1.29, 1.82) is 0 Å². The molecule has 1 atom stereocenters. The van der Waals surface area contributed by atoms with Gasteiger partial charge in [-0.1, -0.05) is 36.4 Å². The maximum atomic E-state index is 13.6. The molecule has 4 aromatic rings. The fraction of sp³-hybridized carbons (Fsp3) is 0.120. The lowest BCUT2D eigenvalue weighted by atomic mass is 9.99. The van der Waals surface area contributed by atoms with Crippen LogP contribution < -0.4 is 10.6 Å². The van der Waals surface area contributed by atoms with Crippen LogP contribution in [0.2, 0.25) is 0 Å². The zero-order chi connectivity index (χ0) is 21.8. The first kappa shape index (κ1) is 20.8. The van der Waals surface area contributed by atoms with Crippen molar-refractivity contribution in [2.75, 3.05) is 10.6 Å². The number of carbonyl (C=O) groups is 1. The number of halogens is 1. The molecular formula is C25H22FN3OS. The molecule has 0 aliphatic carbocycles. The minimum atomic E-state index is -0.314. The first-order valence-electron chi connectivity index (χ1n) is 9.92. The molecule has 31 heavy (non-hydrogen) atoms. The van der Waals surface area contributed by atoms with Crippen LogP contribution in [0.1, 0.15) is 38.1 Å². The maximum Gasteiger partial charge on any atom is 0.256 e. The van der Waals surface area contributed by atoms with Crippen LogP contribution in [0.3, 0.4) is 0 Å². The van der Waals surface area contributed by atoms with Gasteiger partial charge in [-0.2, -0.15) is 0 Å².